The van der Waals surface area contributed by atoms with Crippen LogP contribution >= 0.6 is 0 Å². The van der Waals surface area contributed by atoms with Gasteiger partial charge in [-0.1, -0.05) is 6.92 Å². The summed E-state index contributed by atoms with van der Waals surface area (Å²) in [4.78, 5) is 23.5. The van der Waals surface area contributed by atoms with Crippen molar-refractivity contribution in [3.8, 4) is 11.5 Å². The monoisotopic (exact) mass is 437 g/mol. The Balaban J connectivity index is 2.49. The van der Waals surface area contributed by atoms with E-state index >= 15 is 0 Å². The highest BCUT2D eigenvalue weighted by atomic mass is 32.2. The lowest BCUT2D eigenvalue weighted by molar-refractivity contribution is -0.384. The average molecular weight is 437 g/mol. The van der Waals surface area contributed by atoms with E-state index in [-0.39, 0.29) is 23.5 Å². The summed E-state index contributed by atoms with van der Waals surface area (Å²) in [5.74, 6) is 0.0857. The molecule has 1 atom stereocenters. The van der Waals surface area contributed by atoms with Gasteiger partial charge in [0.05, 0.1) is 25.4 Å². The summed E-state index contributed by atoms with van der Waals surface area (Å²) in [6, 6.07) is 8.91. The molecule has 0 fully saturated rings. The number of nitro groups is 1. The molecule has 2 aromatic carbocycles. The predicted octanol–water partition coefficient (Wildman–Crippen LogP) is 2.80. The van der Waals surface area contributed by atoms with Crippen LogP contribution < -0.4 is 19.1 Å². The molecule has 0 bridgehead atoms. The standard InChI is InChI=1S/C19H23N3O7S/c1-5-16(19(23)20-13-6-9-15(28-2)10-7-13)21(30(4,26)27)17-12-14(22(24)25)8-11-18(17)29-3/h6-12,16H,5H2,1-4H3,(H,20,23)/t16-/m0/s1. The van der Waals surface area contributed by atoms with E-state index in [1.54, 1.807) is 31.2 Å². The van der Waals surface area contributed by atoms with Crippen LogP contribution in [0.15, 0.2) is 42.5 Å². The van der Waals surface area contributed by atoms with Crippen molar-refractivity contribution >= 4 is 33.0 Å². The van der Waals surface area contributed by atoms with Crippen molar-refractivity contribution < 1.29 is 27.6 Å². The first kappa shape index (κ1) is 22.9. The quantitative estimate of drug-likeness (QED) is 0.472. The summed E-state index contributed by atoms with van der Waals surface area (Å²) < 4.78 is 36.4. The van der Waals surface area contributed by atoms with Gasteiger partial charge in [-0.2, -0.15) is 0 Å². The van der Waals surface area contributed by atoms with Gasteiger partial charge in [0.15, 0.2) is 0 Å². The number of carbonyl (C=O) groups is 1. The third kappa shape index (κ3) is 5.17. The Morgan fingerprint density at radius 2 is 1.80 bits per heavy atom. The average Bonchev–Trinajstić information content (AvgIpc) is 2.70. The van der Waals surface area contributed by atoms with E-state index in [9.17, 15) is 23.3 Å². The van der Waals surface area contributed by atoms with Crippen molar-refractivity contribution in [3.05, 3.63) is 52.6 Å². The largest absolute Gasteiger partial charge is 0.497 e. The lowest BCUT2D eigenvalue weighted by Crippen LogP contribution is -2.47. The molecule has 0 aliphatic heterocycles. The van der Waals surface area contributed by atoms with Crippen LogP contribution in [0, 0.1) is 10.1 Å². The number of amides is 1. The Labute approximate surface area is 174 Å². The molecule has 2 aromatic rings. The fourth-order valence-corrected chi connectivity index (χ4v) is 4.11. The molecular weight excluding hydrogens is 414 g/mol. The first-order valence-corrected chi connectivity index (χ1v) is 10.7. The van der Waals surface area contributed by atoms with E-state index in [1.807, 2.05) is 0 Å². The number of nitrogens with one attached hydrogen (secondary N) is 1. The Morgan fingerprint density at radius 3 is 2.27 bits per heavy atom. The van der Waals surface area contributed by atoms with Gasteiger partial charge in [-0.15, -0.1) is 0 Å². The Kier molecular flexibility index (Phi) is 7.22. The van der Waals surface area contributed by atoms with Gasteiger partial charge >= 0.3 is 0 Å². The number of sulfonamides is 1. The molecule has 162 valence electrons. The Morgan fingerprint density at radius 1 is 1.17 bits per heavy atom. The third-order valence-corrected chi connectivity index (χ3v) is 5.46. The second-order valence-electron chi connectivity index (χ2n) is 6.31. The fourth-order valence-electron chi connectivity index (χ4n) is 2.90. The molecule has 0 spiro atoms. The topological polar surface area (TPSA) is 128 Å². The zero-order chi connectivity index (χ0) is 22.5. The Bertz CT molecular complexity index is 1020. The number of nitro benzene ring substituents is 1. The van der Waals surface area contributed by atoms with Gasteiger partial charge in [0, 0.05) is 17.8 Å². The molecule has 0 aliphatic rings. The van der Waals surface area contributed by atoms with Crippen molar-refractivity contribution in [1.82, 2.24) is 0 Å². The molecule has 0 aliphatic carbocycles. The molecule has 0 heterocycles. The molecule has 1 amide bonds. The van der Waals surface area contributed by atoms with Crippen molar-refractivity contribution in [2.45, 2.75) is 19.4 Å². The normalized spacial score (nSPS) is 12.0. The summed E-state index contributed by atoms with van der Waals surface area (Å²) in [6.45, 7) is 1.64. The molecule has 2 rings (SSSR count). The summed E-state index contributed by atoms with van der Waals surface area (Å²) in [5, 5.41) is 13.9. The second kappa shape index (κ2) is 9.44. The maximum absolute atomic E-state index is 13.0. The maximum Gasteiger partial charge on any atom is 0.271 e. The fraction of sp³-hybridized carbons (Fsp3) is 0.316. The van der Waals surface area contributed by atoms with Crippen LogP contribution in [0.2, 0.25) is 0 Å². The van der Waals surface area contributed by atoms with Gasteiger partial charge in [0.2, 0.25) is 15.9 Å². The number of rotatable bonds is 9. The van der Waals surface area contributed by atoms with Gasteiger partial charge in [0.25, 0.3) is 5.69 Å². The summed E-state index contributed by atoms with van der Waals surface area (Å²) >= 11 is 0. The molecule has 0 saturated carbocycles. The number of benzene rings is 2. The van der Waals surface area contributed by atoms with E-state index in [0.29, 0.717) is 11.4 Å². The van der Waals surface area contributed by atoms with Crippen molar-refractivity contribution in [1.29, 1.82) is 0 Å². The molecule has 0 saturated heterocycles. The molecule has 0 aromatic heterocycles. The summed E-state index contributed by atoms with van der Waals surface area (Å²) in [7, 11) is -1.18. The van der Waals surface area contributed by atoms with Crippen molar-refractivity contribution in [2.75, 3.05) is 30.1 Å². The zero-order valence-electron chi connectivity index (χ0n) is 17.0. The van der Waals surface area contributed by atoms with Gasteiger partial charge in [-0.3, -0.25) is 19.2 Å². The smallest absolute Gasteiger partial charge is 0.271 e. The highest BCUT2D eigenvalue weighted by molar-refractivity contribution is 7.92. The van der Waals surface area contributed by atoms with Crippen molar-refractivity contribution in [3.63, 3.8) is 0 Å². The van der Waals surface area contributed by atoms with Crippen molar-refractivity contribution in [2.24, 2.45) is 0 Å². The number of non-ortho nitro benzene ring substituents is 1. The van der Waals surface area contributed by atoms with E-state index < -0.39 is 26.9 Å². The third-order valence-electron chi connectivity index (χ3n) is 4.30. The van der Waals surface area contributed by atoms with Crippen LogP contribution in [0.25, 0.3) is 0 Å². The maximum atomic E-state index is 13.0. The zero-order valence-corrected chi connectivity index (χ0v) is 17.8. The van der Waals surface area contributed by atoms with Crippen LogP contribution in [0.4, 0.5) is 17.1 Å². The minimum absolute atomic E-state index is 0.0849. The van der Waals surface area contributed by atoms with E-state index in [2.05, 4.69) is 5.32 Å². The molecular formula is C19H23N3O7S. The lowest BCUT2D eigenvalue weighted by Gasteiger charge is -2.30. The van der Waals surface area contributed by atoms with Gasteiger partial charge in [-0.05, 0) is 36.8 Å². The molecule has 0 unspecified atom stereocenters. The van der Waals surface area contributed by atoms with Gasteiger partial charge in [-0.25, -0.2) is 8.42 Å². The minimum atomic E-state index is -4.00. The lowest BCUT2D eigenvalue weighted by atomic mass is 10.1. The molecule has 30 heavy (non-hydrogen) atoms. The minimum Gasteiger partial charge on any atom is -0.497 e. The second-order valence-corrected chi connectivity index (χ2v) is 8.17. The summed E-state index contributed by atoms with van der Waals surface area (Å²) in [6.07, 6.45) is 1.04. The molecule has 11 heteroatoms. The van der Waals surface area contributed by atoms with Crippen LogP contribution in [-0.4, -0.2) is 45.8 Å². The highest BCUT2D eigenvalue weighted by Crippen LogP contribution is 2.35. The van der Waals surface area contributed by atoms with Crippen LogP contribution in [0.5, 0.6) is 11.5 Å². The molecule has 1 N–H and O–H groups in total. The Hall–Kier alpha value is -3.34. The molecule has 0 radical (unpaired) electrons. The number of nitrogens with zero attached hydrogens (tertiary/aromatic N) is 2. The highest BCUT2D eigenvalue weighted by Gasteiger charge is 2.34. The van der Waals surface area contributed by atoms with Gasteiger partial charge in [0.1, 0.15) is 23.2 Å². The first-order valence-electron chi connectivity index (χ1n) is 8.89. The SMILES string of the molecule is CC[C@@H](C(=O)Nc1ccc(OC)cc1)N(c1cc([N+](=O)[O-])ccc1OC)S(C)(=O)=O. The number of hydrogen-bond donors (Lipinski definition) is 1. The number of ether oxygens (including phenoxy) is 2. The first-order chi connectivity index (χ1) is 14.1. The van der Waals surface area contributed by atoms with Crippen LogP contribution in [0.3, 0.4) is 0 Å². The number of carbonyl (C=O) groups excluding carboxylic acids is 1. The van der Waals surface area contributed by atoms with E-state index in [4.69, 9.17) is 9.47 Å². The predicted molar refractivity (Wildman–Crippen MR) is 113 cm³/mol. The number of hydrogen-bond acceptors (Lipinski definition) is 7. The number of methoxy groups -OCH3 is 2. The van der Waals surface area contributed by atoms with Gasteiger partial charge < -0.3 is 14.8 Å². The van der Waals surface area contributed by atoms with Crippen LogP contribution in [0.1, 0.15) is 13.3 Å². The molecule has 10 nitrogen and oxygen atoms in total. The van der Waals surface area contributed by atoms with E-state index in [0.717, 1.165) is 16.6 Å². The van der Waals surface area contributed by atoms with Crippen LogP contribution in [-0.2, 0) is 14.8 Å². The summed E-state index contributed by atoms with van der Waals surface area (Å²) in [5.41, 5.74) is 0.0227. The number of anilines is 2. The van der Waals surface area contributed by atoms with E-state index in [1.165, 1.54) is 26.4 Å².